The van der Waals surface area contributed by atoms with E-state index < -0.39 is 0 Å². The van der Waals surface area contributed by atoms with E-state index in [0.717, 1.165) is 11.1 Å². The van der Waals surface area contributed by atoms with E-state index >= 15 is 0 Å². The van der Waals surface area contributed by atoms with Crippen LogP contribution in [0.3, 0.4) is 0 Å². The van der Waals surface area contributed by atoms with Crippen molar-refractivity contribution in [1.82, 2.24) is 4.90 Å². The average Bonchev–Trinajstić information content (AvgIpc) is 3.13. The van der Waals surface area contributed by atoms with Gasteiger partial charge in [-0.2, -0.15) is 0 Å². The highest BCUT2D eigenvalue weighted by molar-refractivity contribution is 8.26. The van der Waals surface area contributed by atoms with Crippen molar-refractivity contribution in [1.29, 1.82) is 0 Å². The molecule has 0 unspecified atom stereocenters. The number of benzene rings is 3. The SMILES string of the molecule is CCOc1cc(/C=C2\SC(=S)N(Cc3ccccc3)C2=O)ccc1OCC(=O)Nc1ccc(Cl)cc1. The standard InChI is InChI=1S/C27H23ClN2O4S2/c1-2-33-23-14-19(8-13-22(23)34-17-25(31)29-21-11-9-20(28)10-12-21)15-24-26(32)30(27(35)36-24)16-18-6-4-3-5-7-18/h3-15H,2,16-17H2,1H3,(H,29,31)/b24-15-. The summed E-state index contributed by atoms with van der Waals surface area (Å²) in [5.41, 5.74) is 2.39. The van der Waals surface area contributed by atoms with E-state index in [1.54, 1.807) is 53.4 Å². The molecule has 0 bridgehead atoms. The summed E-state index contributed by atoms with van der Waals surface area (Å²) in [6.45, 7) is 2.51. The van der Waals surface area contributed by atoms with Gasteiger partial charge in [-0.05, 0) is 60.5 Å². The highest BCUT2D eigenvalue weighted by Gasteiger charge is 2.32. The second-order valence-corrected chi connectivity index (χ2v) is 9.85. The number of anilines is 1. The van der Waals surface area contributed by atoms with Crippen LogP contribution in [0.4, 0.5) is 5.69 Å². The van der Waals surface area contributed by atoms with Gasteiger partial charge in [0.15, 0.2) is 18.1 Å². The first-order chi connectivity index (χ1) is 17.4. The summed E-state index contributed by atoms with van der Waals surface area (Å²) >= 11 is 12.6. The number of hydrogen-bond donors (Lipinski definition) is 1. The Labute approximate surface area is 224 Å². The van der Waals surface area contributed by atoms with Crippen molar-refractivity contribution >= 4 is 63.5 Å². The van der Waals surface area contributed by atoms with Crippen LogP contribution < -0.4 is 14.8 Å². The van der Waals surface area contributed by atoms with Crippen LogP contribution in [0.2, 0.25) is 5.02 Å². The van der Waals surface area contributed by atoms with Gasteiger partial charge in [0.25, 0.3) is 11.8 Å². The Kier molecular flexibility index (Phi) is 8.64. The van der Waals surface area contributed by atoms with Crippen molar-refractivity contribution in [3.63, 3.8) is 0 Å². The van der Waals surface area contributed by atoms with Crippen LogP contribution in [0.25, 0.3) is 6.08 Å². The van der Waals surface area contributed by atoms with Gasteiger partial charge in [-0.15, -0.1) is 0 Å². The molecular weight excluding hydrogens is 516 g/mol. The van der Waals surface area contributed by atoms with Crippen molar-refractivity contribution in [2.24, 2.45) is 0 Å². The quantitative estimate of drug-likeness (QED) is 0.260. The first kappa shape index (κ1) is 25.8. The van der Waals surface area contributed by atoms with Crippen molar-refractivity contribution in [3.05, 3.63) is 93.9 Å². The fourth-order valence-corrected chi connectivity index (χ4v) is 4.81. The summed E-state index contributed by atoms with van der Waals surface area (Å²) in [6, 6.07) is 21.8. The predicted octanol–water partition coefficient (Wildman–Crippen LogP) is 6.16. The molecule has 0 aromatic heterocycles. The lowest BCUT2D eigenvalue weighted by Crippen LogP contribution is -2.27. The Balaban J connectivity index is 1.43. The molecule has 1 aliphatic rings. The van der Waals surface area contributed by atoms with E-state index in [1.807, 2.05) is 37.3 Å². The molecule has 1 aliphatic heterocycles. The summed E-state index contributed by atoms with van der Waals surface area (Å²) in [5, 5.41) is 3.34. The van der Waals surface area contributed by atoms with Crippen LogP contribution in [0, 0.1) is 0 Å². The molecule has 1 N–H and O–H groups in total. The monoisotopic (exact) mass is 538 g/mol. The van der Waals surface area contributed by atoms with E-state index in [2.05, 4.69) is 5.32 Å². The molecule has 0 atom stereocenters. The summed E-state index contributed by atoms with van der Waals surface area (Å²) in [4.78, 5) is 27.4. The normalized spacial score (nSPS) is 14.3. The topological polar surface area (TPSA) is 67.9 Å². The molecule has 2 amide bonds. The molecule has 6 nitrogen and oxygen atoms in total. The fraction of sp³-hybridized carbons (Fsp3) is 0.148. The largest absolute Gasteiger partial charge is 0.490 e. The molecule has 3 aromatic rings. The van der Waals surface area contributed by atoms with Crippen molar-refractivity contribution in [2.75, 3.05) is 18.5 Å². The van der Waals surface area contributed by atoms with E-state index in [0.29, 0.717) is 44.6 Å². The van der Waals surface area contributed by atoms with Gasteiger partial charge in [0, 0.05) is 10.7 Å². The van der Waals surface area contributed by atoms with Gasteiger partial charge in [0.1, 0.15) is 4.32 Å². The molecule has 36 heavy (non-hydrogen) atoms. The molecule has 0 aliphatic carbocycles. The maximum atomic E-state index is 13.0. The number of thiocarbonyl (C=S) groups is 1. The molecule has 1 heterocycles. The lowest BCUT2D eigenvalue weighted by Gasteiger charge is -2.14. The van der Waals surface area contributed by atoms with Crippen molar-refractivity contribution in [2.45, 2.75) is 13.5 Å². The summed E-state index contributed by atoms with van der Waals surface area (Å²) in [6.07, 6.45) is 1.78. The number of amides is 2. The maximum Gasteiger partial charge on any atom is 0.266 e. The fourth-order valence-electron chi connectivity index (χ4n) is 3.43. The minimum Gasteiger partial charge on any atom is -0.490 e. The summed E-state index contributed by atoms with van der Waals surface area (Å²) in [7, 11) is 0. The predicted molar refractivity (Wildman–Crippen MR) is 148 cm³/mol. The number of carbonyl (C=O) groups excluding carboxylic acids is 2. The highest BCUT2D eigenvalue weighted by atomic mass is 35.5. The van der Waals surface area contributed by atoms with Gasteiger partial charge in [0.05, 0.1) is 18.1 Å². The van der Waals surface area contributed by atoms with Crippen LogP contribution in [0.1, 0.15) is 18.1 Å². The van der Waals surface area contributed by atoms with Crippen LogP contribution >= 0.6 is 35.6 Å². The highest BCUT2D eigenvalue weighted by Crippen LogP contribution is 2.35. The Hall–Kier alpha value is -3.33. The van der Waals surface area contributed by atoms with Crippen LogP contribution in [0.5, 0.6) is 11.5 Å². The van der Waals surface area contributed by atoms with Crippen molar-refractivity contribution in [3.8, 4) is 11.5 Å². The van der Waals surface area contributed by atoms with Gasteiger partial charge in [0.2, 0.25) is 0 Å². The van der Waals surface area contributed by atoms with Crippen LogP contribution in [-0.2, 0) is 16.1 Å². The van der Waals surface area contributed by atoms with E-state index in [1.165, 1.54) is 11.8 Å². The molecule has 1 fully saturated rings. The second kappa shape index (κ2) is 12.1. The smallest absolute Gasteiger partial charge is 0.266 e. The zero-order valence-electron chi connectivity index (χ0n) is 19.4. The number of thioether (sulfide) groups is 1. The number of hydrogen-bond acceptors (Lipinski definition) is 6. The third-order valence-corrected chi connectivity index (χ3v) is 6.74. The first-order valence-corrected chi connectivity index (χ1v) is 12.8. The van der Waals surface area contributed by atoms with Crippen LogP contribution in [0.15, 0.2) is 77.7 Å². The molecule has 9 heteroatoms. The molecule has 0 radical (unpaired) electrons. The Bertz CT molecular complexity index is 1300. The van der Waals surface area contributed by atoms with Gasteiger partial charge in [-0.3, -0.25) is 14.5 Å². The Morgan fingerprint density at radius 2 is 1.81 bits per heavy atom. The van der Waals surface area contributed by atoms with Gasteiger partial charge in [-0.1, -0.05) is 72.0 Å². The first-order valence-electron chi connectivity index (χ1n) is 11.2. The Morgan fingerprint density at radius 3 is 2.53 bits per heavy atom. The minimum absolute atomic E-state index is 0.133. The van der Waals surface area contributed by atoms with Gasteiger partial charge < -0.3 is 14.8 Å². The number of ether oxygens (including phenoxy) is 2. The third kappa shape index (κ3) is 6.66. The van der Waals surface area contributed by atoms with E-state index in [9.17, 15) is 9.59 Å². The zero-order valence-corrected chi connectivity index (χ0v) is 21.8. The summed E-state index contributed by atoms with van der Waals surface area (Å²) in [5.74, 6) is 0.458. The molecule has 0 saturated carbocycles. The molecular formula is C27H23ClN2O4S2. The molecule has 4 rings (SSSR count). The van der Waals surface area contributed by atoms with E-state index in [4.69, 9.17) is 33.3 Å². The number of nitrogens with zero attached hydrogens (tertiary/aromatic N) is 1. The average molecular weight is 539 g/mol. The molecule has 3 aromatic carbocycles. The number of halogens is 1. The lowest BCUT2D eigenvalue weighted by atomic mass is 10.1. The zero-order chi connectivity index (χ0) is 25.5. The number of carbonyl (C=O) groups is 2. The lowest BCUT2D eigenvalue weighted by molar-refractivity contribution is -0.122. The van der Waals surface area contributed by atoms with Crippen LogP contribution in [-0.4, -0.2) is 34.2 Å². The molecule has 184 valence electrons. The molecule has 0 spiro atoms. The summed E-state index contributed by atoms with van der Waals surface area (Å²) < 4.78 is 12.0. The van der Waals surface area contributed by atoms with Crippen molar-refractivity contribution < 1.29 is 19.1 Å². The molecule has 1 saturated heterocycles. The maximum absolute atomic E-state index is 13.0. The Morgan fingerprint density at radius 1 is 1.06 bits per heavy atom. The van der Waals surface area contributed by atoms with E-state index in [-0.39, 0.29) is 18.4 Å². The van der Waals surface area contributed by atoms with Gasteiger partial charge >= 0.3 is 0 Å². The second-order valence-electron chi connectivity index (χ2n) is 7.74. The number of nitrogens with one attached hydrogen (secondary N) is 1. The number of rotatable bonds is 9. The minimum atomic E-state index is -0.314. The third-order valence-electron chi connectivity index (χ3n) is 5.11. The van der Waals surface area contributed by atoms with Gasteiger partial charge in [-0.25, -0.2) is 0 Å².